The van der Waals surface area contributed by atoms with Gasteiger partial charge in [0.1, 0.15) is 0 Å². The number of hydrogen-bond donors (Lipinski definition) is 2. The van der Waals surface area contributed by atoms with Crippen LogP contribution in [0.4, 0.5) is 5.95 Å². The van der Waals surface area contributed by atoms with E-state index < -0.39 is 0 Å². The number of nitrogens with zero attached hydrogens (tertiary/aromatic N) is 5. The van der Waals surface area contributed by atoms with Gasteiger partial charge >= 0.3 is 0 Å². The van der Waals surface area contributed by atoms with Crippen molar-refractivity contribution in [3.05, 3.63) is 18.5 Å². The molecule has 0 amide bonds. The van der Waals surface area contributed by atoms with Gasteiger partial charge in [-0.2, -0.15) is 0 Å². The van der Waals surface area contributed by atoms with Crippen molar-refractivity contribution in [1.82, 2.24) is 25.5 Å². The van der Waals surface area contributed by atoms with Crippen LogP contribution in [0.15, 0.2) is 23.5 Å². The zero-order valence-corrected chi connectivity index (χ0v) is 18.4. The van der Waals surface area contributed by atoms with Gasteiger partial charge < -0.3 is 15.5 Å². The van der Waals surface area contributed by atoms with Gasteiger partial charge in [-0.25, -0.2) is 9.97 Å². The molecule has 3 rings (SSSR count). The first kappa shape index (κ1) is 21.8. The van der Waals surface area contributed by atoms with Crippen molar-refractivity contribution in [2.45, 2.75) is 52.4 Å². The molecule has 1 saturated carbocycles. The Hall–Kier alpha value is -1.89. The lowest BCUT2D eigenvalue weighted by Gasteiger charge is -2.34. The van der Waals surface area contributed by atoms with E-state index in [1.165, 1.54) is 32.1 Å². The molecule has 1 aromatic rings. The predicted octanol–water partition coefficient (Wildman–Crippen LogP) is 2.51. The summed E-state index contributed by atoms with van der Waals surface area (Å²) >= 11 is 0. The monoisotopic (exact) mass is 401 g/mol. The Balaban J connectivity index is 1.35. The Kier molecular flexibility index (Phi) is 8.52. The van der Waals surface area contributed by atoms with Crippen LogP contribution in [0.1, 0.15) is 52.4 Å². The van der Waals surface area contributed by atoms with Crippen LogP contribution < -0.4 is 15.5 Å². The molecule has 2 fully saturated rings. The maximum absolute atomic E-state index is 4.93. The molecule has 7 heteroatoms. The van der Waals surface area contributed by atoms with Gasteiger partial charge in [0.25, 0.3) is 0 Å². The van der Waals surface area contributed by atoms with E-state index in [0.29, 0.717) is 5.41 Å². The summed E-state index contributed by atoms with van der Waals surface area (Å²) in [7, 11) is 0. The van der Waals surface area contributed by atoms with Gasteiger partial charge in [-0.15, -0.1) is 0 Å². The minimum absolute atomic E-state index is 0.449. The summed E-state index contributed by atoms with van der Waals surface area (Å²) in [5.41, 5.74) is 0.449. The second kappa shape index (κ2) is 11.3. The van der Waals surface area contributed by atoms with Crippen molar-refractivity contribution in [2.75, 3.05) is 57.3 Å². The van der Waals surface area contributed by atoms with Crippen LogP contribution in [0.2, 0.25) is 0 Å². The first-order chi connectivity index (χ1) is 14.2. The highest BCUT2D eigenvalue weighted by Crippen LogP contribution is 2.41. The molecule has 29 heavy (non-hydrogen) atoms. The van der Waals surface area contributed by atoms with E-state index in [1.807, 2.05) is 18.5 Å². The lowest BCUT2D eigenvalue weighted by atomic mass is 9.84. The molecule has 0 aromatic carbocycles. The Morgan fingerprint density at radius 1 is 1.07 bits per heavy atom. The molecule has 0 unspecified atom stereocenters. The smallest absolute Gasteiger partial charge is 0.225 e. The lowest BCUT2D eigenvalue weighted by molar-refractivity contribution is 0.254. The summed E-state index contributed by atoms with van der Waals surface area (Å²) in [6.07, 6.45) is 11.4. The summed E-state index contributed by atoms with van der Waals surface area (Å²) in [6, 6.07) is 1.87. The van der Waals surface area contributed by atoms with Gasteiger partial charge in [-0.05, 0) is 50.6 Å². The molecule has 7 nitrogen and oxygen atoms in total. The van der Waals surface area contributed by atoms with E-state index in [9.17, 15) is 0 Å². The van der Waals surface area contributed by atoms with Crippen LogP contribution in [-0.2, 0) is 0 Å². The molecule has 1 aliphatic heterocycles. The van der Waals surface area contributed by atoms with E-state index in [-0.39, 0.29) is 0 Å². The molecule has 2 aliphatic rings. The van der Waals surface area contributed by atoms with Gasteiger partial charge in [-0.3, -0.25) is 9.89 Å². The largest absolute Gasteiger partial charge is 0.357 e. The minimum atomic E-state index is 0.449. The Morgan fingerprint density at radius 3 is 2.45 bits per heavy atom. The van der Waals surface area contributed by atoms with E-state index in [1.54, 1.807) is 0 Å². The van der Waals surface area contributed by atoms with Crippen molar-refractivity contribution in [1.29, 1.82) is 0 Å². The number of rotatable bonds is 9. The van der Waals surface area contributed by atoms with Gasteiger partial charge in [0.05, 0.1) is 0 Å². The van der Waals surface area contributed by atoms with Gasteiger partial charge in [0.15, 0.2) is 5.96 Å². The molecule has 0 bridgehead atoms. The summed E-state index contributed by atoms with van der Waals surface area (Å²) in [5.74, 6) is 1.84. The minimum Gasteiger partial charge on any atom is -0.357 e. The van der Waals surface area contributed by atoms with E-state index in [4.69, 9.17) is 4.99 Å². The van der Waals surface area contributed by atoms with E-state index >= 15 is 0 Å². The average molecular weight is 402 g/mol. The third-order valence-corrected chi connectivity index (χ3v) is 6.48. The quantitative estimate of drug-likeness (QED) is 0.376. The van der Waals surface area contributed by atoms with Gasteiger partial charge in [-0.1, -0.05) is 19.8 Å². The molecule has 0 spiro atoms. The standard InChI is InChI=1S/C22H39N7/c1-3-22(9-5-6-10-22)19-27-20(23-4-2)24-13-8-14-28-15-17-29(18-16-28)21-25-11-7-12-26-21/h7,11-12H,3-6,8-10,13-19H2,1-2H3,(H2,23,24,27). The molecule has 1 aliphatic carbocycles. The number of piperazine rings is 1. The number of aliphatic imine (C=N–C) groups is 1. The number of guanidine groups is 1. The van der Waals surface area contributed by atoms with Crippen molar-refractivity contribution >= 4 is 11.9 Å². The van der Waals surface area contributed by atoms with Crippen molar-refractivity contribution in [2.24, 2.45) is 10.4 Å². The molecular weight excluding hydrogens is 362 g/mol. The highest BCUT2D eigenvalue weighted by atomic mass is 15.3. The summed E-state index contributed by atoms with van der Waals surface area (Å²) in [5, 5.41) is 6.96. The molecular formula is C22H39N7. The van der Waals surface area contributed by atoms with E-state index in [2.05, 4.69) is 44.2 Å². The number of anilines is 1. The van der Waals surface area contributed by atoms with Crippen molar-refractivity contribution in [3.63, 3.8) is 0 Å². The molecule has 2 N–H and O–H groups in total. The maximum atomic E-state index is 4.93. The Labute approximate surface area is 176 Å². The highest BCUT2D eigenvalue weighted by Gasteiger charge is 2.31. The Bertz CT molecular complexity index is 605. The average Bonchev–Trinajstić information content (AvgIpc) is 3.25. The fraction of sp³-hybridized carbons (Fsp3) is 0.773. The fourth-order valence-corrected chi connectivity index (χ4v) is 4.47. The number of aromatic nitrogens is 2. The summed E-state index contributed by atoms with van der Waals surface area (Å²) in [4.78, 5) is 18.5. The summed E-state index contributed by atoms with van der Waals surface area (Å²) in [6.45, 7) is 12.6. The molecule has 1 aromatic heterocycles. The van der Waals surface area contributed by atoms with Crippen LogP contribution in [0, 0.1) is 5.41 Å². The van der Waals surface area contributed by atoms with Crippen LogP contribution >= 0.6 is 0 Å². The van der Waals surface area contributed by atoms with Crippen LogP contribution in [0.5, 0.6) is 0 Å². The fourth-order valence-electron chi connectivity index (χ4n) is 4.47. The molecule has 1 saturated heterocycles. The zero-order chi connectivity index (χ0) is 20.4. The number of nitrogens with one attached hydrogen (secondary N) is 2. The second-order valence-corrected chi connectivity index (χ2v) is 8.41. The first-order valence-electron chi connectivity index (χ1n) is 11.5. The van der Waals surface area contributed by atoms with Crippen LogP contribution in [-0.4, -0.2) is 73.2 Å². The molecule has 0 atom stereocenters. The third kappa shape index (κ3) is 6.56. The first-order valence-corrected chi connectivity index (χ1v) is 11.5. The van der Waals surface area contributed by atoms with Crippen molar-refractivity contribution in [3.8, 4) is 0 Å². The predicted molar refractivity (Wildman–Crippen MR) is 120 cm³/mol. The maximum Gasteiger partial charge on any atom is 0.225 e. The lowest BCUT2D eigenvalue weighted by Crippen LogP contribution is -2.47. The SMILES string of the molecule is CCNC(=NCC1(CC)CCCC1)NCCCN1CCN(c2ncccn2)CC1. The molecule has 162 valence electrons. The number of hydrogen-bond acceptors (Lipinski definition) is 5. The molecule has 0 radical (unpaired) electrons. The highest BCUT2D eigenvalue weighted by molar-refractivity contribution is 5.79. The summed E-state index contributed by atoms with van der Waals surface area (Å²) < 4.78 is 0. The van der Waals surface area contributed by atoms with Gasteiger partial charge in [0.2, 0.25) is 5.95 Å². The van der Waals surface area contributed by atoms with Crippen LogP contribution in [0.3, 0.4) is 0 Å². The van der Waals surface area contributed by atoms with Crippen LogP contribution in [0.25, 0.3) is 0 Å². The third-order valence-electron chi connectivity index (χ3n) is 6.48. The topological polar surface area (TPSA) is 68.7 Å². The van der Waals surface area contributed by atoms with E-state index in [0.717, 1.165) is 70.7 Å². The Morgan fingerprint density at radius 2 is 1.79 bits per heavy atom. The second-order valence-electron chi connectivity index (χ2n) is 8.41. The van der Waals surface area contributed by atoms with Crippen molar-refractivity contribution < 1.29 is 0 Å². The zero-order valence-electron chi connectivity index (χ0n) is 18.4. The van der Waals surface area contributed by atoms with Gasteiger partial charge in [0, 0.05) is 58.2 Å². The molecule has 2 heterocycles. The normalized spacial score (nSPS) is 20.1.